The number of benzene rings is 8. The number of furan rings is 1. The van der Waals surface area contributed by atoms with E-state index in [0.717, 1.165) is 61.1 Å². The van der Waals surface area contributed by atoms with Gasteiger partial charge >= 0.3 is 0 Å². The number of rotatable bonds is 4. The summed E-state index contributed by atoms with van der Waals surface area (Å²) in [6.45, 7) is 1.71. The first kappa shape index (κ1) is 39.5. The van der Waals surface area contributed by atoms with Crippen LogP contribution in [0.4, 0.5) is 17.3 Å². The Labute approximate surface area is 383 Å². The maximum absolute atomic E-state index is 6.62. The first-order valence-corrected chi connectivity index (χ1v) is 21.6. The number of hydrogen-bond acceptors (Lipinski definition) is 5. The predicted octanol–water partition coefficient (Wildman–Crippen LogP) is 13.6. The molecule has 66 heavy (non-hydrogen) atoms. The van der Waals surface area contributed by atoms with Crippen LogP contribution in [0.3, 0.4) is 0 Å². The lowest BCUT2D eigenvalue weighted by atomic mass is 9.64. The van der Waals surface area contributed by atoms with Gasteiger partial charge in [0.05, 0.1) is 16.8 Å². The van der Waals surface area contributed by atoms with Crippen molar-refractivity contribution < 1.29 is 4.42 Å². The molecule has 5 nitrogen and oxygen atoms in total. The lowest BCUT2D eigenvalue weighted by molar-refractivity contribution is 0.670. The zero-order valence-electron chi connectivity index (χ0n) is 35.7. The summed E-state index contributed by atoms with van der Waals surface area (Å²) in [5, 5.41) is 2.20. The van der Waals surface area contributed by atoms with Gasteiger partial charge in [0, 0.05) is 27.5 Å². The molecule has 0 bridgehead atoms. The average Bonchev–Trinajstić information content (AvgIpc) is 3.91. The van der Waals surface area contributed by atoms with Gasteiger partial charge in [0.2, 0.25) is 5.95 Å². The van der Waals surface area contributed by atoms with Gasteiger partial charge in [-0.05, 0) is 99.6 Å². The maximum Gasteiger partial charge on any atom is 0.238 e. The Bertz CT molecular complexity index is 3670. The molecular weight excluding hydrogens is 805 g/mol. The van der Waals surface area contributed by atoms with Crippen LogP contribution in [0.5, 0.6) is 0 Å². The van der Waals surface area contributed by atoms with Gasteiger partial charge in [0.25, 0.3) is 0 Å². The molecule has 5 heteroatoms. The molecule has 0 saturated carbocycles. The van der Waals surface area contributed by atoms with Crippen molar-refractivity contribution in [3.8, 4) is 92.9 Å². The van der Waals surface area contributed by atoms with Crippen LogP contribution in [-0.2, 0) is 5.41 Å². The molecule has 12 rings (SSSR count). The number of fused-ring (bicyclic) bond motifs is 12. The quantitative estimate of drug-likeness (QED) is 0.165. The number of terminal acetylenes is 1. The van der Waals surface area contributed by atoms with Gasteiger partial charge in [-0.1, -0.05) is 182 Å². The fraction of sp³-hybridized carbons (Fsp3) is 0.0328. The first-order chi connectivity index (χ1) is 32.7. The fourth-order valence-corrected chi connectivity index (χ4v) is 9.56. The van der Waals surface area contributed by atoms with Crippen molar-refractivity contribution in [3.05, 3.63) is 216 Å². The van der Waals surface area contributed by atoms with Crippen molar-refractivity contribution >= 4 is 39.3 Å². The van der Waals surface area contributed by atoms with E-state index in [1.165, 1.54) is 27.8 Å². The monoisotopic (exact) mass is 840 g/mol. The van der Waals surface area contributed by atoms with Crippen LogP contribution in [0.25, 0.3) is 67.0 Å². The number of para-hydroxylation sites is 3. The Hall–Kier alpha value is -9.39. The number of anilines is 3. The molecule has 0 saturated heterocycles. The summed E-state index contributed by atoms with van der Waals surface area (Å²) in [4.78, 5) is 18.0. The number of hydrogen-bond donors (Lipinski definition) is 0. The molecule has 1 spiro atoms. The van der Waals surface area contributed by atoms with Crippen LogP contribution >= 0.6 is 0 Å². The lowest BCUT2D eigenvalue weighted by Gasteiger charge is -2.44. The molecule has 8 aromatic carbocycles. The number of aromatic nitrogens is 3. The van der Waals surface area contributed by atoms with Crippen molar-refractivity contribution in [2.24, 2.45) is 0 Å². The lowest BCUT2D eigenvalue weighted by Crippen LogP contribution is -2.36. The molecule has 0 atom stereocenters. The van der Waals surface area contributed by atoms with Gasteiger partial charge in [-0.3, -0.25) is 4.90 Å². The third kappa shape index (κ3) is 6.48. The van der Waals surface area contributed by atoms with Gasteiger partial charge in [-0.15, -0.1) is 6.42 Å². The van der Waals surface area contributed by atoms with Gasteiger partial charge < -0.3 is 4.42 Å². The van der Waals surface area contributed by atoms with E-state index in [1.807, 2.05) is 48.5 Å². The van der Waals surface area contributed by atoms with E-state index in [4.69, 9.17) is 25.8 Å². The van der Waals surface area contributed by atoms with Crippen molar-refractivity contribution in [3.63, 3.8) is 0 Å². The third-order valence-corrected chi connectivity index (χ3v) is 12.2. The van der Waals surface area contributed by atoms with E-state index in [9.17, 15) is 0 Å². The molecule has 0 amide bonds. The second kappa shape index (κ2) is 16.7. The van der Waals surface area contributed by atoms with Gasteiger partial charge in [0.15, 0.2) is 11.6 Å². The Kier molecular flexibility index (Phi) is 9.99. The summed E-state index contributed by atoms with van der Waals surface area (Å²) < 4.78 is 6.62. The van der Waals surface area contributed by atoms with Crippen LogP contribution in [0.2, 0.25) is 0 Å². The van der Waals surface area contributed by atoms with Crippen LogP contribution in [-0.4, -0.2) is 15.0 Å². The largest absolute Gasteiger partial charge is 0.455 e. The maximum atomic E-state index is 6.62. The summed E-state index contributed by atoms with van der Waals surface area (Å²) in [5.41, 5.74) is 14.4. The second-order valence-corrected chi connectivity index (χ2v) is 15.7. The predicted molar refractivity (Wildman–Crippen MR) is 267 cm³/mol. The van der Waals surface area contributed by atoms with E-state index >= 15 is 0 Å². The Morgan fingerprint density at radius 2 is 1.00 bits per heavy atom. The molecule has 0 radical (unpaired) electrons. The van der Waals surface area contributed by atoms with Crippen molar-refractivity contribution in [1.29, 1.82) is 0 Å². The zero-order chi connectivity index (χ0) is 44.5. The minimum absolute atomic E-state index is 0.546. The van der Waals surface area contributed by atoms with E-state index in [2.05, 4.69) is 192 Å². The van der Waals surface area contributed by atoms with Crippen LogP contribution in [0.1, 0.15) is 29.2 Å². The highest BCUT2D eigenvalue weighted by atomic mass is 16.3. The van der Waals surface area contributed by atoms with Crippen molar-refractivity contribution in [2.45, 2.75) is 12.3 Å². The van der Waals surface area contributed by atoms with Crippen LogP contribution in [0, 0.1) is 47.9 Å². The van der Waals surface area contributed by atoms with Crippen molar-refractivity contribution in [2.75, 3.05) is 4.90 Å². The molecule has 2 aromatic heterocycles. The summed E-state index contributed by atoms with van der Waals surface area (Å²) in [5.74, 6) is 18.7. The highest BCUT2D eigenvalue weighted by molar-refractivity contribution is 6.10. The van der Waals surface area contributed by atoms with Crippen LogP contribution < -0.4 is 4.90 Å². The molecule has 306 valence electrons. The second-order valence-electron chi connectivity index (χ2n) is 15.7. The summed E-state index contributed by atoms with van der Waals surface area (Å²) in [6.07, 6.45) is 4.82. The smallest absolute Gasteiger partial charge is 0.238 e. The molecule has 0 fully saturated rings. The first-order valence-electron chi connectivity index (χ1n) is 21.6. The van der Waals surface area contributed by atoms with Gasteiger partial charge in [0.1, 0.15) is 11.2 Å². The summed E-state index contributed by atoms with van der Waals surface area (Å²) in [6, 6.07) is 68.5. The Balaban J connectivity index is 0.000000487. The van der Waals surface area contributed by atoms with E-state index in [1.54, 1.807) is 6.92 Å². The Morgan fingerprint density at radius 3 is 1.68 bits per heavy atom. The average molecular weight is 841 g/mol. The van der Waals surface area contributed by atoms with E-state index in [-0.39, 0.29) is 0 Å². The summed E-state index contributed by atoms with van der Waals surface area (Å²) >= 11 is 0. The minimum Gasteiger partial charge on any atom is -0.455 e. The van der Waals surface area contributed by atoms with E-state index < -0.39 is 5.41 Å². The topological polar surface area (TPSA) is 55.1 Å². The summed E-state index contributed by atoms with van der Waals surface area (Å²) in [7, 11) is 0. The molecule has 10 aromatic rings. The van der Waals surface area contributed by atoms with Crippen molar-refractivity contribution in [1.82, 2.24) is 15.0 Å². The molecule has 1 aliphatic carbocycles. The van der Waals surface area contributed by atoms with Gasteiger partial charge in [-0.25, -0.2) is 4.98 Å². The minimum atomic E-state index is -0.600. The van der Waals surface area contributed by atoms with Crippen LogP contribution in [0.15, 0.2) is 199 Å². The highest BCUT2D eigenvalue weighted by Gasteiger charge is 2.52. The SMILES string of the molecule is C#CC#CC#CC#CC.c1ccc(-c2nc(-c3ccccc3)nc(N3c4ccccc4C4(c5ccccc5-c5ccccc54)c4ccc(-c5cccc6c5oc5ccccc56)cc43)n2)cc1. The molecule has 1 aliphatic heterocycles. The third-order valence-electron chi connectivity index (χ3n) is 12.2. The molecule has 2 aliphatic rings. The molecule has 0 N–H and O–H groups in total. The highest BCUT2D eigenvalue weighted by Crippen LogP contribution is 2.63. The number of nitrogens with zero attached hydrogens (tertiary/aromatic N) is 4. The zero-order valence-corrected chi connectivity index (χ0v) is 35.7. The van der Waals surface area contributed by atoms with Gasteiger partial charge in [-0.2, -0.15) is 9.97 Å². The van der Waals surface area contributed by atoms with E-state index in [0.29, 0.717) is 17.6 Å². The molecule has 0 unspecified atom stereocenters. The normalized spacial score (nSPS) is 12.0. The Morgan fingerprint density at radius 1 is 0.455 bits per heavy atom. The molecule has 3 heterocycles. The fourth-order valence-electron chi connectivity index (χ4n) is 9.56. The molecular formula is C61H36N4O. The standard InChI is InChI=1S/C52H32N4O.C9H4/c1-3-16-33(17-4-1)49-53-50(34-18-5-2-6-19-34)55-51(54-49)56-45-28-13-12-27-43(45)52(41-25-10-7-20-37(41)38-21-8-11-26-42(38)52)44-31-30-35(32-46(44)56)36-23-15-24-40-39-22-9-14-29-47(39)57-48(36)40;1-3-5-7-9-8-6-4-2/h1-32H;1H,2H3.